The third-order valence-corrected chi connectivity index (χ3v) is 2.98. The Morgan fingerprint density at radius 3 is 2.55 bits per heavy atom. The van der Waals surface area contributed by atoms with Gasteiger partial charge in [0.2, 0.25) is 0 Å². The molecule has 0 unspecified atom stereocenters. The molecule has 1 N–H and O–H groups in total. The van der Waals surface area contributed by atoms with E-state index in [1.165, 1.54) is 6.21 Å². The Morgan fingerprint density at radius 1 is 1.14 bits per heavy atom. The number of nitrogens with one attached hydrogen (secondary N) is 1. The molecule has 5 heteroatoms. The SMILES string of the molecule is COc1ccccc1/C=N\NC(=O)COc1ccccc1C. The Labute approximate surface area is 129 Å². The molecule has 0 saturated heterocycles. The minimum absolute atomic E-state index is 0.0892. The molecule has 2 rings (SSSR count). The van der Waals surface area contributed by atoms with Crippen LogP contribution in [0.15, 0.2) is 53.6 Å². The fourth-order valence-corrected chi connectivity index (χ4v) is 1.84. The normalized spacial score (nSPS) is 10.5. The Morgan fingerprint density at radius 2 is 1.82 bits per heavy atom. The van der Waals surface area contributed by atoms with Gasteiger partial charge in [-0.3, -0.25) is 4.79 Å². The van der Waals surface area contributed by atoms with Crippen molar-refractivity contribution in [3.05, 3.63) is 59.7 Å². The zero-order valence-electron chi connectivity index (χ0n) is 12.6. The Balaban J connectivity index is 1.85. The number of ether oxygens (including phenoxy) is 2. The average molecular weight is 298 g/mol. The van der Waals surface area contributed by atoms with Crippen LogP contribution in [-0.4, -0.2) is 25.8 Å². The fourth-order valence-electron chi connectivity index (χ4n) is 1.84. The van der Waals surface area contributed by atoms with Crippen molar-refractivity contribution in [1.29, 1.82) is 0 Å². The van der Waals surface area contributed by atoms with Gasteiger partial charge in [-0.25, -0.2) is 5.43 Å². The van der Waals surface area contributed by atoms with Crippen LogP contribution in [0.25, 0.3) is 0 Å². The molecule has 5 nitrogen and oxygen atoms in total. The first-order valence-electron chi connectivity index (χ1n) is 6.84. The number of carbonyl (C=O) groups is 1. The lowest BCUT2D eigenvalue weighted by atomic mass is 10.2. The summed E-state index contributed by atoms with van der Waals surface area (Å²) < 4.78 is 10.6. The van der Waals surface area contributed by atoms with Crippen LogP contribution in [-0.2, 0) is 4.79 Å². The predicted molar refractivity (Wildman–Crippen MR) is 85.4 cm³/mol. The van der Waals surface area contributed by atoms with Crippen molar-refractivity contribution >= 4 is 12.1 Å². The highest BCUT2D eigenvalue weighted by Crippen LogP contribution is 2.16. The third kappa shape index (κ3) is 4.34. The molecule has 0 aliphatic rings. The minimum atomic E-state index is -0.325. The van der Waals surface area contributed by atoms with Gasteiger partial charge in [-0.2, -0.15) is 5.10 Å². The van der Waals surface area contributed by atoms with E-state index in [0.717, 1.165) is 11.1 Å². The second kappa shape index (κ2) is 7.83. The van der Waals surface area contributed by atoms with Crippen LogP contribution < -0.4 is 14.9 Å². The number of hydrogen-bond acceptors (Lipinski definition) is 4. The van der Waals surface area contributed by atoms with E-state index >= 15 is 0 Å². The highest BCUT2D eigenvalue weighted by atomic mass is 16.5. The monoisotopic (exact) mass is 298 g/mol. The number of methoxy groups -OCH3 is 1. The van der Waals surface area contributed by atoms with Gasteiger partial charge in [0, 0.05) is 5.56 Å². The van der Waals surface area contributed by atoms with Crippen molar-refractivity contribution in [1.82, 2.24) is 5.43 Å². The molecule has 0 bridgehead atoms. The van der Waals surface area contributed by atoms with Gasteiger partial charge >= 0.3 is 0 Å². The summed E-state index contributed by atoms with van der Waals surface area (Å²) in [6.45, 7) is 1.83. The molecule has 0 spiro atoms. The van der Waals surface area contributed by atoms with Crippen LogP contribution in [0.5, 0.6) is 11.5 Å². The van der Waals surface area contributed by atoms with Gasteiger partial charge in [-0.05, 0) is 30.7 Å². The lowest BCUT2D eigenvalue weighted by Crippen LogP contribution is -2.24. The van der Waals surface area contributed by atoms with Crippen LogP contribution in [0.4, 0.5) is 0 Å². The van der Waals surface area contributed by atoms with Crippen LogP contribution in [0.2, 0.25) is 0 Å². The van der Waals surface area contributed by atoms with Gasteiger partial charge < -0.3 is 9.47 Å². The highest BCUT2D eigenvalue weighted by Gasteiger charge is 2.03. The second-order valence-corrected chi connectivity index (χ2v) is 4.59. The van der Waals surface area contributed by atoms with Gasteiger partial charge in [-0.1, -0.05) is 30.3 Å². The molecule has 0 atom stereocenters. The summed E-state index contributed by atoms with van der Waals surface area (Å²) >= 11 is 0. The van der Waals surface area contributed by atoms with E-state index in [0.29, 0.717) is 11.5 Å². The smallest absolute Gasteiger partial charge is 0.277 e. The van der Waals surface area contributed by atoms with Crippen molar-refractivity contribution in [2.45, 2.75) is 6.92 Å². The van der Waals surface area contributed by atoms with Crippen molar-refractivity contribution in [3.63, 3.8) is 0 Å². The number of nitrogens with zero attached hydrogens (tertiary/aromatic N) is 1. The number of aryl methyl sites for hydroxylation is 1. The molecule has 0 fully saturated rings. The maximum atomic E-state index is 11.7. The summed E-state index contributed by atoms with van der Waals surface area (Å²) in [5, 5.41) is 3.90. The highest BCUT2D eigenvalue weighted by molar-refractivity contribution is 5.85. The number of benzene rings is 2. The number of amides is 1. The summed E-state index contributed by atoms with van der Waals surface area (Å²) in [7, 11) is 1.58. The molecule has 2 aromatic carbocycles. The van der Waals surface area contributed by atoms with Crippen LogP contribution >= 0.6 is 0 Å². The number of hydrogen-bond donors (Lipinski definition) is 1. The first-order chi connectivity index (χ1) is 10.7. The van der Waals surface area contributed by atoms with Crippen LogP contribution in [0.3, 0.4) is 0 Å². The Hall–Kier alpha value is -2.82. The summed E-state index contributed by atoms with van der Waals surface area (Å²) in [6.07, 6.45) is 1.53. The van der Waals surface area contributed by atoms with E-state index < -0.39 is 0 Å². The number of hydrazone groups is 1. The summed E-state index contributed by atoms with van der Waals surface area (Å²) in [5.41, 5.74) is 4.18. The first-order valence-corrected chi connectivity index (χ1v) is 6.84. The van der Waals surface area contributed by atoms with Gasteiger partial charge in [-0.15, -0.1) is 0 Å². The van der Waals surface area contributed by atoms with E-state index in [1.807, 2.05) is 55.5 Å². The molecule has 2 aromatic rings. The van der Waals surface area contributed by atoms with Crippen molar-refractivity contribution in [3.8, 4) is 11.5 Å². The zero-order chi connectivity index (χ0) is 15.8. The van der Waals surface area contributed by atoms with Crippen LogP contribution in [0.1, 0.15) is 11.1 Å². The first kappa shape index (κ1) is 15.6. The molecule has 0 heterocycles. The average Bonchev–Trinajstić information content (AvgIpc) is 2.54. The maximum Gasteiger partial charge on any atom is 0.277 e. The number of carbonyl (C=O) groups excluding carboxylic acids is 1. The summed E-state index contributed by atoms with van der Waals surface area (Å²) in [6, 6.07) is 14.9. The molecule has 0 radical (unpaired) electrons. The molecule has 22 heavy (non-hydrogen) atoms. The van der Waals surface area contributed by atoms with Crippen molar-refractivity contribution in [2.75, 3.05) is 13.7 Å². The molecule has 0 aromatic heterocycles. The quantitative estimate of drug-likeness (QED) is 0.658. The van der Waals surface area contributed by atoms with E-state index in [4.69, 9.17) is 9.47 Å². The van der Waals surface area contributed by atoms with Crippen LogP contribution in [0, 0.1) is 6.92 Å². The predicted octanol–water partition coefficient (Wildman–Crippen LogP) is 2.53. The number of para-hydroxylation sites is 2. The molecule has 1 amide bonds. The molecular formula is C17H18N2O3. The third-order valence-electron chi connectivity index (χ3n) is 2.98. The Kier molecular flexibility index (Phi) is 5.54. The second-order valence-electron chi connectivity index (χ2n) is 4.59. The molecular weight excluding hydrogens is 280 g/mol. The van der Waals surface area contributed by atoms with E-state index in [-0.39, 0.29) is 12.5 Å². The minimum Gasteiger partial charge on any atom is -0.496 e. The van der Waals surface area contributed by atoms with Gasteiger partial charge in [0.15, 0.2) is 6.61 Å². The number of rotatable bonds is 6. The van der Waals surface area contributed by atoms with E-state index in [2.05, 4.69) is 10.5 Å². The fraction of sp³-hybridized carbons (Fsp3) is 0.176. The topological polar surface area (TPSA) is 59.9 Å². The molecule has 114 valence electrons. The van der Waals surface area contributed by atoms with Gasteiger partial charge in [0.05, 0.1) is 13.3 Å². The lowest BCUT2D eigenvalue weighted by molar-refractivity contribution is -0.123. The standard InChI is InChI=1S/C17H18N2O3/c1-13-7-3-5-9-15(13)22-12-17(20)19-18-11-14-8-4-6-10-16(14)21-2/h3-11H,12H2,1-2H3,(H,19,20)/b18-11-. The van der Waals surface area contributed by atoms with Crippen molar-refractivity contribution < 1.29 is 14.3 Å². The maximum absolute atomic E-state index is 11.7. The molecule has 0 saturated carbocycles. The van der Waals surface area contributed by atoms with Gasteiger partial charge in [0.1, 0.15) is 11.5 Å². The lowest BCUT2D eigenvalue weighted by Gasteiger charge is -2.07. The molecule has 0 aliphatic heterocycles. The summed E-state index contributed by atoms with van der Waals surface area (Å²) in [4.78, 5) is 11.7. The van der Waals surface area contributed by atoms with Gasteiger partial charge in [0.25, 0.3) is 5.91 Å². The summed E-state index contributed by atoms with van der Waals surface area (Å²) in [5.74, 6) is 1.05. The van der Waals surface area contributed by atoms with Crippen molar-refractivity contribution in [2.24, 2.45) is 5.10 Å². The van der Waals surface area contributed by atoms with E-state index in [9.17, 15) is 4.79 Å². The molecule has 0 aliphatic carbocycles. The zero-order valence-corrected chi connectivity index (χ0v) is 12.6. The largest absolute Gasteiger partial charge is 0.496 e. The van der Waals surface area contributed by atoms with E-state index in [1.54, 1.807) is 7.11 Å². The Bertz CT molecular complexity index is 668.